The van der Waals surface area contributed by atoms with Gasteiger partial charge in [-0.05, 0) is 0 Å². The molecule has 0 radical (unpaired) electrons. The maximum Gasteiger partial charge on any atom is 2.00 e. The van der Waals surface area contributed by atoms with Crippen LogP contribution in [0.15, 0.2) is 0 Å². The van der Waals surface area contributed by atoms with Crippen LogP contribution in [0.1, 0.15) is 0 Å². The Kier molecular flexibility index (Phi) is 28.5. The summed E-state index contributed by atoms with van der Waals surface area (Å²) in [6.45, 7) is 0.696. The largest absolute Gasteiger partial charge is 2.00 e. The van der Waals surface area contributed by atoms with E-state index in [0.717, 1.165) is 0 Å². The third-order valence-corrected chi connectivity index (χ3v) is 0.471. The Balaban J connectivity index is -0.000000180. The number of hydrogen-bond donors (Lipinski definition) is 2. The number of rotatable bonds is 4. The summed E-state index contributed by atoms with van der Waals surface area (Å²) in [7, 11) is 0. The second-order valence-electron chi connectivity index (χ2n) is 1.06. The second-order valence-corrected chi connectivity index (χ2v) is 1.06. The van der Waals surface area contributed by atoms with E-state index in [4.69, 9.17) is 10.2 Å². The minimum Gasteiger partial charge on any atom is -2.00 e. The van der Waals surface area contributed by atoms with E-state index in [1.54, 1.807) is 0 Å². The quantitative estimate of drug-likeness (QED) is 0.432. The molecule has 4 nitrogen and oxygen atoms in total. The molecule has 0 spiro atoms. The maximum absolute atomic E-state index is 8.09. The van der Waals surface area contributed by atoms with Crippen molar-refractivity contribution in [1.29, 1.82) is 0 Å². The van der Waals surface area contributed by atoms with Crippen molar-refractivity contribution >= 4 is 0 Å². The molecule has 0 aromatic carbocycles. The van der Waals surface area contributed by atoms with Crippen LogP contribution in [0.3, 0.4) is 0 Å². The first-order valence-electron chi connectivity index (χ1n) is 2.21. The SMILES string of the molecule is OCCOCCO.[O-2].[Zn+2]. The summed E-state index contributed by atoms with van der Waals surface area (Å²) in [5, 5.41) is 16.2. The monoisotopic (exact) mass is 186 g/mol. The van der Waals surface area contributed by atoms with E-state index in [-0.39, 0.29) is 38.2 Å². The van der Waals surface area contributed by atoms with Crippen LogP contribution in [0, 0.1) is 0 Å². The smallest absolute Gasteiger partial charge is 2.00 e. The van der Waals surface area contributed by atoms with E-state index in [9.17, 15) is 0 Å². The molecule has 5 heteroatoms. The van der Waals surface area contributed by atoms with Gasteiger partial charge in [0.25, 0.3) is 0 Å². The Labute approximate surface area is 66.9 Å². The number of hydrogen-bond acceptors (Lipinski definition) is 3. The van der Waals surface area contributed by atoms with Crippen LogP contribution >= 0.6 is 0 Å². The molecule has 0 heterocycles. The Hall–Kier alpha value is 0.463. The third-order valence-electron chi connectivity index (χ3n) is 0.471. The summed E-state index contributed by atoms with van der Waals surface area (Å²) in [5.74, 6) is 0. The molecule has 0 rings (SSSR count). The summed E-state index contributed by atoms with van der Waals surface area (Å²) in [4.78, 5) is 0. The predicted molar refractivity (Wildman–Crippen MR) is 25.7 cm³/mol. The average Bonchev–Trinajstić information content (AvgIpc) is 1.69. The van der Waals surface area contributed by atoms with Gasteiger partial charge in [0.1, 0.15) is 0 Å². The zero-order valence-corrected chi connectivity index (χ0v) is 8.21. The van der Waals surface area contributed by atoms with Gasteiger partial charge in [-0.3, -0.25) is 0 Å². The van der Waals surface area contributed by atoms with Gasteiger partial charge in [-0.15, -0.1) is 0 Å². The Morgan fingerprint density at radius 1 is 1.00 bits per heavy atom. The van der Waals surface area contributed by atoms with E-state index in [0.29, 0.717) is 13.2 Å². The minimum atomic E-state index is 0. The molecule has 0 amide bonds. The zero-order chi connectivity index (χ0) is 5.54. The van der Waals surface area contributed by atoms with Gasteiger partial charge in [0, 0.05) is 0 Å². The van der Waals surface area contributed by atoms with Crippen molar-refractivity contribution in [3.05, 3.63) is 0 Å². The van der Waals surface area contributed by atoms with Gasteiger partial charge >= 0.3 is 19.5 Å². The topological polar surface area (TPSA) is 78.2 Å². The van der Waals surface area contributed by atoms with Gasteiger partial charge in [-0.1, -0.05) is 0 Å². The molecule has 0 fully saturated rings. The van der Waals surface area contributed by atoms with Crippen molar-refractivity contribution in [2.45, 2.75) is 0 Å². The Bertz CT molecular complexity index is 31.7. The molecule has 2 N–H and O–H groups in total. The molecule has 0 aliphatic rings. The fourth-order valence-electron chi connectivity index (χ4n) is 0.231. The minimum absolute atomic E-state index is 0. The van der Waals surface area contributed by atoms with Crippen LogP contribution in [0.2, 0.25) is 0 Å². The first-order valence-corrected chi connectivity index (χ1v) is 2.21. The number of aliphatic hydroxyl groups excluding tert-OH is 2. The Morgan fingerprint density at radius 3 is 1.56 bits per heavy atom. The predicted octanol–water partition coefficient (Wildman–Crippen LogP) is -1.13. The second kappa shape index (κ2) is 15.8. The molecule has 0 aliphatic carbocycles. The van der Waals surface area contributed by atoms with Crippen LogP contribution in [-0.4, -0.2) is 36.6 Å². The molecule has 0 aromatic heterocycles. The summed E-state index contributed by atoms with van der Waals surface area (Å²) in [6.07, 6.45) is 0. The van der Waals surface area contributed by atoms with Crippen molar-refractivity contribution in [2.75, 3.05) is 26.4 Å². The molecule has 52 valence electrons. The molecule has 0 unspecified atom stereocenters. The summed E-state index contributed by atoms with van der Waals surface area (Å²) < 4.78 is 4.63. The molecule has 0 atom stereocenters. The van der Waals surface area contributed by atoms with Gasteiger partial charge < -0.3 is 20.4 Å². The van der Waals surface area contributed by atoms with Crippen LogP contribution in [0.5, 0.6) is 0 Å². The fourth-order valence-corrected chi connectivity index (χ4v) is 0.231. The zero-order valence-electron chi connectivity index (χ0n) is 5.25. The summed E-state index contributed by atoms with van der Waals surface area (Å²) in [6, 6.07) is 0. The molecule has 9 heavy (non-hydrogen) atoms. The maximum atomic E-state index is 8.09. The summed E-state index contributed by atoms with van der Waals surface area (Å²) >= 11 is 0. The molecule has 0 saturated heterocycles. The van der Waals surface area contributed by atoms with Crippen LogP contribution < -0.4 is 0 Å². The van der Waals surface area contributed by atoms with Crippen LogP contribution in [-0.2, 0) is 29.7 Å². The van der Waals surface area contributed by atoms with E-state index in [1.165, 1.54) is 0 Å². The Morgan fingerprint density at radius 2 is 1.33 bits per heavy atom. The molecule has 0 aliphatic heterocycles. The van der Waals surface area contributed by atoms with E-state index in [2.05, 4.69) is 4.74 Å². The van der Waals surface area contributed by atoms with Gasteiger partial charge in [0.15, 0.2) is 0 Å². The summed E-state index contributed by atoms with van der Waals surface area (Å²) in [5.41, 5.74) is 0. The molecule has 0 saturated carbocycles. The van der Waals surface area contributed by atoms with Gasteiger partial charge in [-0.2, -0.15) is 0 Å². The molecular weight excluding hydrogens is 177 g/mol. The fraction of sp³-hybridized carbons (Fsp3) is 1.00. The van der Waals surface area contributed by atoms with Crippen LogP contribution in [0.4, 0.5) is 0 Å². The van der Waals surface area contributed by atoms with Crippen molar-refractivity contribution in [2.24, 2.45) is 0 Å². The van der Waals surface area contributed by atoms with Gasteiger partial charge in [0.05, 0.1) is 26.4 Å². The first-order chi connectivity index (χ1) is 3.41. The van der Waals surface area contributed by atoms with Crippen molar-refractivity contribution in [3.8, 4) is 0 Å². The standard InChI is InChI=1S/C4H10O3.O.Zn/c5-1-3-7-4-2-6;;/h5-6H,1-4H2;;/q;-2;+2. The van der Waals surface area contributed by atoms with Crippen molar-refractivity contribution < 1.29 is 39.9 Å². The van der Waals surface area contributed by atoms with Crippen molar-refractivity contribution in [3.63, 3.8) is 0 Å². The van der Waals surface area contributed by atoms with E-state index < -0.39 is 0 Å². The number of aliphatic hydroxyl groups is 2. The van der Waals surface area contributed by atoms with Crippen LogP contribution in [0.25, 0.3) is 0 Å². The van der Waals surface area contributed by atoms with Crippen molar-refractivity contribution in [1.82, 2.24) is 0 Å². The molecular formula is C4H10O4Zn. The normalized spacial score (nSPS) is 7.33. The van der Waals surface area contributed by atoms with Gasteiger partial charge in [0.2, 0.25) is 0 Å². The van der Waals surface area contributed by atoms with E-state index >= 15 is 0 Å². The molecule has 0 bridgehead atoms. The number of ether oxygens (including phenoxy) is 1. The average molecular weight is 188 g/mol. The molecule has 0 aromatic rings. The van der Waals surface area contributed by atoms with Gasteiger partial charge in [-0.25, -0.2) is 0 Å². The van der Waals surface area contributed by atoms with E-state index in [1.807, 2.05) is 0 Å². The first kappa shape index (κ1) is 16.2. The third kappa shape index (κ3) is 17.7.